The second-order valence-electron chi connectivity index (χ2n) is 4.89. The second-order valence-corrected chi connectivity index (χ2v) is 4.89. The Morgan fingerprint density at radius 3 is 2.48 bits per heavy atom. The molecular weight excluding hydrogens is 308 g/mol. The van der Waals surface area contributed by atoms with Gasteiger partial charge in [-0.05, 0) is 18.2 Å². The number of amides is 1. The summed E-state index contributed by atoms with van der Waals surface area (Å²) in [4.78, 5) is 24.5. The minimum Gasteiger partial charge on any atom is -0.460 e. The lowest BCUT2D eigenvalue weighted by atomic mass is 10.3. The van der Waals surface area contributed by atoms with E-state index in [0.29, 0.717) is 0 Å². The Kier molecular flexibility index (Phi) is 5.05. The predicted molar refractivity (Wildman–Crippen MR) is 77.1 cm³/mol. The van der Waals surface area contributed by atoms with Crippen LogP contribution in [0.5, 0.6) is 0 Å². The first-order chi connectivity index (χ1) is 10.9. The van der Waals surface area contributed by atoms with Crippen LogP contribution in [0.15, 0.2) is 30.5 Å². The highest BCUT2D eigenvalue weighted by Gasteiger charge is 2.16. The van der Waals surface area contributed by atoms with E-state index < -0.39 is 17.6 Å². The number of nitrogens with zero attached hydrogens (tertiary/aromatic N) is 3. The molecule has 0 N–H and O–H groups in total. The third kappa shape index (κ3) is 3.91. The summed E-state index contributed by atoms with van der Waals surface area (Å²) in [6.45, 7) is -0.100. The molecule has 1 aromatic heterocycles. The molecule has 0 aliphatic rings. The summed E-state index contributed by atoms with van der Waals surface area (Å²) in [5, 5.41) is 3.80. The number of hydrogen-bond donors (Lipinski definition) is 0. The lowest BCUT2D eigenvalue weighted by Crippen LogP contribution is -2.23. The number of benzene rings is 1. The zero-order valence-electron chi connectivity index (χ0n) is 12.6. The van der Waals surface area contributed by atoms with Crippen LogP contribution in [0, 0.1) is 11.6 Å². The van der Waals surface area contributed by atoms with Gasteiger partial charge >= 0.3 is 5.97 Å². The van der Waals surface area contributed by atoms with Crippen LogP contribution in [0.4, 0.5) is 8.78 Å². The molecule has 8 heteroatoms. The Balaban J connectivity index is 2.04. The van der Waals surface area contributed by atoms with Gasteiger partial charge in [0.25, 0.3) is 0 Å². The quantitative estimate of drug-likeness (QED) is 0.787. The smallest absolute Gasteiger partial charge is 0.358 e. The van der Waals surface area contributed by atoms with E-state index in [0.717, 1.165) is 16.8 Å². The zero-order valence-corrected chi connectivity index (χ0v) is 12.6. The number of ether oxygens (including phenoxy) is 1. The highest BCUT2D eigenvalue weighted by Crippen LogP contribution is 2.17. The normalized spacial score (nSPS) is 10.4. The standard InChI is InChI=1S/C15H15F2N3O3/c1-19(2)13(21)7-9-23-15(22)12-6-8-20(18-12)14-10(16)4-3-5-11(14)17/h3-6,8H,7,9H2,1-2H3. The van der Waals surface area contributed by atoms with Gasteiger partial charge in [0.15, 0.2) is 17.3 Å². The van der Waals surface area contributed by atoms with Crippen LogP contribution in [0.3, 0.4) is 0 Å². The third-order valence-electron chi connectivity index (χ3n) is 3.01. The average Bonchev–Trinajstić information content (AvgIpc) is 2.96. The minimum atomic E-state index is -0.801. The maximum Gasteiger partial charge on any atom is 0.358 e. The molecule has 0 aliphatic carbocycles. The number of rotatable bonds is 5. The van der Waals surface area contributed by atoms with Crippen LogP contribution < -0.4 is 0 Å². The summed E-state index contributed by atoms with van der Waals surface area (Å²) in [6.07, 6.45) is 1.30. The number of aromatic nitrogens is 2. The molecule has 2 aromatic rings. The summed E-state index contributed by atoms with van der Waals surface area (Å²) >= 11 is 0. The molecule has 0 aliphatic heterocycles. The molecule has 0 radical (unpaired) electrons. The van der Waals surface area contributed by atoms with E-state index in [1.165, 1.54) is 23.2 Å². The number of carbonyl (C=O) groups is 2. The molecule has 0 fully saturated rings. The molecule has 0 saturated heterocycles. The first kappa shape index (κ1) is 16.6. The average molecular weight is 323 g/mol. The van der Waals surface area contributed by atoms with Crippen LogP contribution >= 0.6 is 0 Å². The topological polar surface area (TPSA) is 64.4 Å². The first-order valence-corrected chi connectivity index (χ1v) is 6.77. The van der Waals surface area contributed by atoms with Crippen LogP contribution in [0.25, 0.3) is 5.69 Å². The monoisotopic (exact) mass is 323 g/mol. The van der Waals surface area contributed by atoms with Gasteiger partial charge in [0.1, 0.15) is 12.3 Å². The van der Waals surface area contributed by atoms with E-state index in [4.69, 9.17) is 4.74 Å². The van der Waals surface area contributed by atoms with Crippen molar-refractivity contribution in [2.45, 2.75) is 6.42 Å². The number of halogens is 2. The van der Waals surface area contributed by atoms with Crippen LogP contribution in [0.2, 0.25) is 0 Å². The highest BCUT2D eigenvalue weighted by atomic mass is 19.1. The zero-order chi connectivity index (χ0) is 17.0. The summed E-state index contributed by atoms with van der Waals surface area (Å²) in [7, 11) is 3.18. The molecular formula is C15H15F2N3O3. The fourth-order valence-corrected chi connectivity index (χ4v) is 1.79. The van der Waals surface area contributed by atoms with Gasteiger partial charge in [0, 0.05) is 20.3 Å². The van der Waals surface area contributed by atoms with Gasteiger partial charge in [0.2, 0.25) is 5.91 Å². The van der Waals surface area contributed by atoms with Gasteiger partial charge in [0.05, 0.1) is 6.42 Å². The SMILES string of the molecule is CN(C)C(=O)CCOC(=O)c1ccn(-c2c(F)cccc2F)n1. The van der Waals surface area contributed by atoms with E-state index in [1.54, 1.807) is 14.1 Å². The Hall–Kier alpha value is -2.77. The van der Waals surface area contributed by atoms with Crippen molar-refractivity contribution in [1.29, 1.82) is 0 Å². The predicted octanol–water partition coefficient (Wildman–Crippen LogP) is 1.79. The van der Waals surface area contributed by atoms with Crippen LogP contribution in [-0.2, 0) is 9.53 Å². The van der Waals surface area contributed by atoms with Crippen molar-refractivity contribution in [2.24, 2.45) is 0 Å². The molecule has 1 aromatic carbocycles. The van der Waals surface area contributed by atoms with Gasteiger partial charge in [-0.25, -0.2) is 18.3 Å². The number of hydrogen-bond acceptors (Lipinski definition) is 4. The number of esters is 1. The van der Waals surface area contributed by atoms with Crippen molar-refractivity contribution in [3.8, 4) is 5.69 Å². The third-order valence-corrected chi connectivity index (χ3v) is 3.01. The van der Waals surface area contributed by atoms with E-state index >= 15 is 0 Å². The minimum absolute atomic E-state index is 0.0430. The highest BCUT2D eigenvalue weighted by molar-refractivity contribution is 5.87. The lowest BCUT2D eigenvalue weighted by molar-refractivity contribution is -0.129. The Morgan fingerprint density at radius 1 is 1.22 bits per heavy atom. The molecule has 23 heavy (non-hydrogen) atoms. The van der Waals surface area contributed by atoms with E-state index in [-0.39, 0.29) is 30.3 Å². The van der Waals surface area contributed by atoms with Crippen molar-refractivity contribution in [3.63, 3.8) is 0 Å². The maximum atomic E-state index is 13.7. The molecule has 2 rings (SSSR count). The molecule has 0 unspecified atom stereocenters. The van der Waals surface area contributed by atoms with Crippen molar-refractivity contribution < 1.29 is 23.1 Å². The van der Waals surface area contributed by atoms with Gasteiger partial charge in [-0.2, -0.15) is 5.10 Å². The second kappa shape index (κ2) is 6.99. The summed E-state index contributed by atoms with van der Waals surface area (Å²) in [6, 6.07) is 4.69. The fourth-order valence-electron chi connectivity index (χ4n) is 1.79. The molecule has 0 bridgehead atoms. The molecule has 0 spiro atoms. The Morgan fingerprint density at radius 2 is 1.87 bits per heavy atom. The van der Waals surface area contributed by atoms with Gasteiger partial charge in [-0.15, -0.1) is 0 Å². The Labute approximate surface area is 131 Å². The molecule has 1 amide bonds. The van der Waals surface area contributed by atoms with Gasteiger partial charge < -0.3 is 9.64 Å². The molecule has 1 heterocycles. The fraction of sp³-hybridized carbons (Fsp3) is 0.267. The summed E-state index contributed by atoms with van der Waals surface area (Å²) in [5.74, 6) is -2.56. The van der Waals surface area contributed by atoms with Gasteiger partial charge in [-0.1, -0.05) is 6.07 Å². The van der Waals surface area contributed by atoms with Crippen molar-refractivity contribution in [1.82, 2.24) is 14.7 Å². The van der Waals surface area contributed by atoms with E-state index in [2.05, 4.69) is 5.10 Å². The lowest BCUT2D eigenvalue weighted by Gasteiger charge is -2.09. The first-order valence-electron chi connectivity index (χ1n) is 6.77. The van der Waals surface area contributed by atoms with Crippen molar-refractivity contribution in [3.05, 3.63) is 47.8 Å². The van der Waals surface area contributed by atoms with E-state index in [1.807, 2.05) is 0 Å². The Bertz CT molecular complexity index is 708. The molecule has 6 nitrogen and oxygen atoms in total. The summed E-state index contributed by atoms with van der Waals surface area (Å²) < 4.78 is 33.1. The molecule has 122 valence electrons. The van der Waals surface area contributed by atoms with Crippen molar-refractivity contribution in [2.75, 3.05) is 20.7 Å². The van der Waals surface area contributed by atoms with Crippen molar-refractivity contribution >= 4 is 11.9 Å². The largest absolute Gasteiger partial charge is 0.460 e. The number of para-hydroxylation sites is 1. The van der Waals surface area contributed by atoms with Crippen LogP contribution in [-0.4, -0.2) is 47.3 Å². The number of carbonyl (C=O) groups excluding carboxylic acids is 2. The van der Waals surface area contributed by atoms with Crippen LogP contribution in [0.1, 0.15) is 16.9 Å². The maximum absolute atomic E-state index is 13.7. The summed E-state index contributed by atoms with van der Waals surface area (Å²) in [5.41, 5.74) is -0.487. The molecule has 0 saturated carbocycles. The molecule has 0 atom stereocenters. The van der Waals surface area contributed by atoms with E-state index in [9.17, 15) is 18.4 Å². The van der Waals surface area contributed by atoms with Gasteiger partial charge in [-0.3, -0.25) is 4.79 Å².